The van der Waals surface area contributed by atoms with Gasteiger partial charge in [0.05, 0.1) is 37.3 Å². The van der Waals surface area contributed by atoms with Gasteiger partial charge >= 0.3 is 0 Å². The van der Waals surface area contributed by atoms with Gasteiger partial charge in [0.25, 0.3) is 0 Å². The van der Waals surface area contributed by atoms with E-state index in [0.717, 1.165) is 31.7 Å². The largest absolute Gasteiger partial charge is 0.396 e. The van der Waals surface area contributed by atoms with Crippen LogP contribution in [0.4, 0.5) is 10.3 Å². The number of aliphatic hydroxyl groups is 1. The molecule has 0 unspecified atom stereocenters. The Balaban J connectivity index is 1.59. The van der Waals surface area contributed by atoms with E-state index in [1.807, 2.05) is 0 Å². The lowest BCUT2D eigenvalue weighted by molar-refractivity contribution is -0.139. The first-order chi connectivity index (χ1) is 11.1. The summed E-state index contributed by atoms with van der Waals surface area (Å²) >= 11 is 0. The van der Waals surface area contributed by atoms with Crippen molar-refractivity contribution in [3.8, 4) is 0 Å². The molecule has 2 aliphatic rings. The molecular weight excluding hydrogens is 303 g/mol. The Kier molecular flexibility index (Phi) is 4.72. The molecule has 7 nitrogen and oxygen atoms in total. The van der Waals surface area contributed by atoms with Crippen LogP contribution in [0.15, 0.2) is 12.4 Å². The number of nitrogens with one attached hydrogen (secondary N) is 1. The maximum atomic E-state index is 12.8. The van der Waals surface area contributed by atoms with Gasteiger partial charge in [-0.05, 0) is 12.8 Å². The quantitative estimate of drug-likeness (QED) is 0.841. The molecule has 0 aliphatic carbocycles. The fourth-order valence-electron chi connectivity index (χ4n) is 3.36. The maximum absolute atomic E-state index is 12.8. The third kappa shape index (κ3) is 3.76. The van der Waals surface area contributed by atoms with E-state index >= 15 is 0 Å². The van der Waals surface area contributed by atoms with Crippen molar-refractivity contribution in [3.63, 3.8) is 0 Å². The predicted octanol–water partition coefficient (Wildman–Crippen LogP) is 0.560. The molecule has 0 aromatic carbocycles. The summed E-state index contributed by atoms with van der Waals surface area (Å²) in [6.45, 7) is 1.63. The second-order valence-electron chi connectivity index (χ2n) is 6.16. The predicted molar refractivity (Wildman–Crippen MR) is 80.2 cm³/mol. The van der Waals surface area contributed by atoms with Crippen LogP contribution in [0.2, 0.25) is 0 Å². The van der Waals surface area contributed by atoms with Gasteiger partial charge in [-0.2, -0.15) is 0 Å². The van der Waals surface area contributed by atoms with Crippen molar-refractivity contribution in [2.24, 2.45) is 0 Å². The number of likely N-dealkylation sites (tertiary alicyclic amines) is 1. The first kappa shape index (κ1) is 16.1. The average Bonchev–Trinajstić information content (AvgIpc) is 2.92. The van der Waals surface area contributed by atoms with Crippen LogP contribution in [0, 0.1) is 5.82 Å². The third-order valence-corrected chi connectivity index (χ3v) is 4.38. The molecular formula is C15H21FN4O3. The molecule has 8 heteroatoms. The van der Waals surface area contributed by atoms with E-state index in [4.69, 9.17) is 9.84 Å². The lowest BCUT2D eigenvalue weighted by atomic mass is 9.88. The number of hydrogen-bond donors (Lipinski definition) is 2. The summed E-state index contributed by atoms with van der Waals surface area (Å²) in [7, 11) is 0. The number of rotatable bonds is 4. The van der Waals surface area contributed by atoms with Gasteiger partial charge in [0.1, 0.15) is 0 Å². The lowest BCUT2D eigenvalue weighted by Crippen LogP contribution is -2.50. The average molecular weight is 324 g/mol. The Morgan fingerprint density at radius 3 is 3.04 bits per heavy atom. The Morgan fingerprint density at radius 2 is 2.30 bits per heavy atom. The molecule has 1 spiro atoms. The van der Waals surface area contributed by atoms with Gasteiger partial charge in [0.2, 0.25) is 11.9 Å². The molecule has 1 aromatic heterocycles. The van der Waals surface area contributed by atoms with Gasteiger partial charge in [-0.25, -0.2) is 14.4 Å². The van der Waals surface area contributed by atoms with Crippen LogP contribution in [0.3, 0.4) is 0 Å². The van der Waals surface area contributed by atoms with Crippen molar-refractivity contribution < 1.29 is 19.0 Å². The van der Waals surface area contributed by atoms with Gasteiger partial charge in [-0.1, -0.05) is 0 Å². The highest BCUT2D eigenvalue weighted by atomic mass is 19.1. The van der Waals surface area contributed by atoms with Crippen molar-refractivity contribution in [1.82, 2.24) is 14.9 Å². The second-order valence-corrected chi connectivity index (χ2v) is 6.16. The highest BCUT2D eigenvalue weighted by molar-refractivity contribution is 5.76. The summed E-state index contributed by atoms with van der Waals surface area (Å²) in [4.78, 5) is 21.6. The van der Waals surface area contributed by atoms with Crippen LogP contribution < -0.4 is 5.32 Å². The highest BCUT2D eigenvalue weighted by Crippen LogP contribution is 2.35. The Hall–Kier alpha value is -1.80. The van der Waals surface area contributed by atoms with Crippen LogP contribution in [-0.4, -0.2) is 63.8 Å². The molecule has 3 rings (SSSR count). The Bertz CT molecular complexity index is 556. The van der Waals surface area contributed by atoms with Crippen LogP contribution in [-0.2, 0) is 9.53 Å². The number of ether oxygens (including phenoxy) is 1. The zero-order valence-corrected chi connectivity index (χ0v) is 12.9. The summed E-state index contributed by atoms with van der Waals surface area (Å²) in [5.74, 6) is -0.130. The first-order valence-electron chi connectivity index (χ1n) is 7.87. The van der Waals surface area contributed by atoms with Crippen molar-refractivity contribution in [3.05, 3.63) is 18.2 Å². The van der Waals surface area contributed by atoms with Gasteiger partial charge in [-0.3, -0.25) is 4.79 Å². The van der Waals surface area contributed by atoms with Crippen LogP contribution in [0.25, 0.3) is 0 Å². The molecule has 1 amide bonds. The summed E-state index contributed by atoms with van der Waals surface area (Å²) in [5, 5.41) is 12.1. The van der Waals surface area contributed by atoms with E-state index in [2.05, 4.69) is 15.3 Å². The molecule has 2 aliphatic heterocycles. The number of carbonyl (C=O) groups is 1. The number of hydrogen-bond acceptors (Lipinski definition) is 6. The van der Waals surface area contributed by atoms with Crippen molar-refractivity contribution in [2.75, 3.05) is 31.6 Å². The van der Waals surface area contributed by atoms with E-state index in [0.29, 0.717) is 25.6 Å². The summed E-state index contributed by atoms with van der Waals surface area (Å²) < 4.78 is 18.8. The molecule has 2 fully saturated rings. The zero-order valence-electron chi connectivity index (χ0n) is 12.9. The highest BCUT2D eigenvalue weighted by Gasteiger charge is 2.44. The number of aliphatic hydroxyl groups excluding tert-OH is 1. The van der Waals surface area contributed by atoms with Gasteiger partial charge < -0.3 is 20.1 Å². The van der Waals surface area contributed by atoms with Crippen molar-refractivity contribution in [1.29, 1.82) is 0 Å². The minimum absolute atomic E-state index is 0.0338. The number of amides is 1. The molecule has 1 aromatic rings. The van der Waals surface area contributed by atoms with E-state index in [9.17, 15) is 9.18 Å². The number of aromatic nitrogens is 2. The second kappa shape index (κ2) is 6.76. The Labute approximate surface area is 133 Å². The topological polar surface area (TPSA) is 87.6 Å². The van der Waals surface area contributed by atoms with E-state index in [1.165, 1.54) is 0 Å². The Morgan fingerprint density at radius 1 is 1.52 bits per heavy atom. The minimum Gasteiger partial charge on any atom is -0.396 e. The molecule has 3 heterocycles. The molecule has 0 saturated carbocycles. The van der Waals surface area contributed by atoms with E-state index < -0.39 is 5.82 Å². The minimum atomic E-state index is -0.472. The normalized spacial score (nSPS) is 27.4. The van der Waals surface area contributed by atoms with Gasteiger partial charge in [0, 0.05) is 25.9 Å². The maximum Gasteiger partial charge on any atom is 0.224 e. The fourth-order valence-corrected chi connectivity index (χ4v) is 3.36. The van der Waals surface area contributed by atoms with E-state index in [-0.39, 0.29) is 30.6 Å². The number of halogens is 1. The number of nitrogens with zero attached hydrogens (tertiary/aromatic N) is 3. The lowest BCUT2D eigenvalue weighted by Gasteiger charge is -2.39. The first-order valence-corrected chi connectivity index (χ1v) is 7.87. The SMILES string of the molecule is O=C(CCO)N1CCC[C@]2(C[C@@H](Nc3ncc(F)cn3)CO2)C1. The van der Waals surface area contributed by atoms with Crippen LogP contribution in [0.1, 0.15) is 25.7 Å². The molecule has 0 bridgehead atoms. The number of piperidine rings is 1. The molecule has 2 N–H and O–H groups in total. The fraction of sp³-hybridized carbons (Fsp3) is 0.667. The van der Waals surface area contributed by atoms with Gasteiger partial charge in [-0.15, -0.1) is 0 Å². The summed E-state index contributed by atoms with van der Waals surface area (Å²) in [6.07, 6.45) is 4.93. The molecule has 126 valence electrons. The van der Waals surface area contributed by atoms with Crippen molar-refractivity contribution in [2.45, 2.75) is 37.3 Å². The van der Waals surface area contributed by atoms with Crippen LogP contribution in [0.5, 0.6) is 0 Å². The smallest absolute Gasteiger partial charge is 0.224 e. The zero-order chi connectivity index (χ0) is 16.3. The third-order valence-electron chi connectivity index (χ3n) is 4.38. The standard InChI is InChI=1S/C15H21FN4O3/c16-11-7-17-14(18-8-11)19-12-6-15(23-9-12)3-1-4-20(10-15)13(22)2-5-21/h7-8,12,21H,1-6,9-10H2,(H,17,18,19)/t12-,15+/m1/s1. The number of anilines is 1. The molecule has 0 radical (unpaired) electrons. The summed E-state index contributed by atoms with van der Waals surface area (Å²) in [5.41, 5.74) is -0.346. The molecule has 23 heavy (non-hydrogen) atoms. The van der Waals surface area contributed by atoms with Crippen LogP contribution >= 0.6 is 0 Å². The monoisotopic (exact) mass is 324 g/mol. The molecule has 2 saturated heterocycles. The summed E-state index contributed by atoms with van der Waals surface area (Å²) in [6, 6.07) is 0.0355. The van der Waals surface area contributed by atoms with E-state index in [1.54, 1.807) is 4.90 Å². The molecule has 2 atom stereocenters. The van der Waals surface area contributed by atoms with Crippen molar-refractivity contribution >= 4 is 11.9 Å². The number of carbonyl (C=O) groups excluding carboxylic acids is 1. The van der Waals surface area contributed by atoms with Gasteiger partial charge in [0.15, 0.2) is 5.82 Å².